The molecule has 0 aromatic heterocycles. The molecule has 30 heavy (non-hydrogen) atoms. The average Bonchev–Trinajstić information content (AvgIpc) is 3.24. The predicted molar refractivity (Wildman–Crippen MR) is 120 cm³/mol. The Balaban J connectivity index is 1.57. The summed E-state index contributed by atoms with van der Waals surface area (Å²) in [5.41, 5.74) is 2.65. The minimum atomic E-state index is 0.307. The molecule has 7 heteroatoms. The number of morpholine rings is 1. The number of nitrogens with zero attached hydrogens (tertiary/aromatic N) is 3. The molecule has 2 aliphatic heterocycles. The third-order valence-electron chi connectivity index (χ3n) is 5.95. The highest BCUT2D eigenvalue weighted by Crippen LogP contribution is 2.23. The van der Waals surface area contributed by atoms with Crippen LogP contribution in [0.25, 0.3) is 0 Å². The normalized spacial score (nSPS) is 21.8. The van der Waals surface area contributed by atoms with Crippen molar-refractivity contribution in [1.29, 1.82) is 0 Å². The van der Waals surface area contributed by atoms with E-state index in [0.29, 0.717) is 25.2 Å². The first kappa shape index (κ1) is 23.0. The number of methoxy groups -OCH3 is 1. The van der Waals surface area contributed by atoms with Gasteiger partial charge in [-0.3, -0.25) is 9.89 Å². The molecule has 1 aromatic carbocycles. The molecular formula is C23H38N4O3. The Morgan fingerprint density at radius 2 is 2.10 bits per heavy atom. The Morgan fingerprint density at radius 3 is 2.83 bits per heavy atom. The maximum Gasteiger partial charge on any atom is 0.193 e. The van der Waals surface area contributed by atoms with Crippen LogP contribution in [0.15, 0.2) is 29.3 Å². The van der Waals surface area contributed by atoms with E-state index >= 15 is 0 Å². The van der Waals surface area contributed by atoms with E-state index in [1.807, 2.05) is 7.05 Å². The molecule has 2 heterocycles. The van der Waals surface area contributed by atoms with Crippen molar-refractivity contribution >= 4 is 5.96 Å². The largest absolute Gasteiger partial charge is 0.382 e. The van der Waals surface area contributed by atoms with Crippen molar-refractivity contribution < 1.29 is 14.2 Å². The van der Waals surface area contributed by atoms with Gasteiger partial charge >= 0.3 is 0 Å². The monoisotopic (exact) mass is 418 g/mol. The van der Waals surface area contributed by atoms with Gasteiger partial charge in [0.05, 0.1) is 39.1 Å². The molecule has 3 rings (SSSR count). The fraction of sp³-hybridized carbons (Fsp3) is 0.696. The van der Waals surface area contributed by atoms with Gasteiger partial charge in [0.1, 0.15) is 0 Å². The van der Waals surface area contributed by atoms with Crippen LogP contribution < -0.4 is 5.32 Å². The van der Waals surface area contributed by atoms with Crippen molar-refractivity contribution in [2.45, 2.75) is 19.4 Å². The number of hydrogen-bond donors (Lipinski definition) is 1. The smallest absolute Gasteiger partial charge is 0.193 e. The molecule has 0 amide bonds. The molecule has 0 saturated carbocycles. The molecule has 2 atom stereocenters. The SMILES string of the molecule is CN=C(NCC(c1cccc(C)c1)N1CCOCC1)N1CCC(COCCOC)C1. The van der Waals surface area contributed by atoms with Crippen LogP contribution in [0.1, 0.15) is 23.6 Å². The summed E-state index contributed by atoms with van der Waals surface area (Å²) < 4.78 is 16.4. The molecule has 1 N–H and O–H groups in total. The first-order valence-corrected chi connectivity index (χ1v) is 11.1. The fourth-order valence-electron chi connectivity index (χ4n) is 4.30. The molecule has 0 radical (unpaired) electrons. The lowest BCUT2D eigenvalue weighted by Crippen LogP contribution is -2.47. The lowest BCUT2D eigenvalue weighted by atomic mass is 10.0. The summed E-state index contributed by atoms with van der Waals surface area (Å²) >= 11 is 0. The van der Waals surface area contributed by atoms with Gasteiger partial charge in [-0.05, 0) is 18.9 Å². The minimum Gasteiger partial charge on any atom is -0.382 e. The van der Waals surface area contributed by atoms with E-state index in [-0.39, 0.29) is 0 Å². The zero-order chi connectivity index (χ0) is 21.2. The lowest BCUT2D eigenvalue weighted by Gasteiger charge is -2.36. The molecule has 1 aromatic rings. The van der Waals surface area contributed by atoms with E-state index in [1.54, 1.807) is 7.11 Å². The van der Waals surface area contributed by atoms with Gasteiger partial charge in [-0.15, -0.1) is 0 Å². The number of nitrogens with one attached hydrogen (secondary N) is 1. The van der Waals surface area contributed by atoms with Crippen molar-refractivity contribution in [2.24, 2.45) is 10.9 Å². The zero-order valence-electron chi connectivity index (χ0n) is 18.8. The van der Waals surface area contributed by atoms with E-state index in [9.17, 15) is 0 Å². The number of aryl methyl sites for hydroxylation is 1. The van der Waals surface area contributed by atoms with Gasteiger partial charge < -0.3 is 24.4 Å². The first-order valence-electron chi connectivity index (χ1n) is 11.1. The van der Waals surface area contributed by atoms with Crippen LogP contribution in [-0.2, 0) is 14.2 Å². The van der Waals surface area contributed by atoms with Crippen molar-refractivity contribution in [3.8, 4) is 0 Å². The number of benzene rings is 1. The average molecular weight is 419 g/mol. The Labute approximate surface area is 181 Å². The predicted octanol–water partition coefficient (Wildman–Crippen LogP) is 1.93. The molecule has 2 saturated heterocycles. The third-order valence-corrected chi connectivity index (χ3v) is 5.95. The molecule has 0 spiro atoms. The topological polar surface area (TPSA) is 58.6 Å². The zero-order valence-corrected chi connectivity index (χ0v) is 18.8. The van der Waals surface area contributed by atoms with Crippen LogP contribution in [-0.4, -0.2) is 95.7 Å². The van der Waals surface area contributed by atoms with Crippen molar-refractivity contribution in [1.82, 2.24) is 15.1 Å². The van der Waals surface area contributed by atoms with Crippen molar-refractivity contribution in [3.63, 3.8) is 0 Å². The standard InChI is InChI=1S/C23H38N4O3/c1-19-5-4-6-21(15-19)22(26-9-11-29-12-10-26)16-25-23(24-2)27-8-7-20(17-27)18-30-14-13-28-3/h4-6,15,20,22H,7-14,16-18H2,1-3H3,(H,24,25). The van der Waals surface area contributed by atoms with Gasteiger partial charge in [0.15, 0.2) is 5.96 Å². The number of likely N-dealkylation sites (tertiary alicyclic amines) is 1. The van der Waals surface area contributed by atoms with E-state index in [2.05, 4.69) is 51.3 Å². The second-order valence-corrected chi connectivity index (χ2v) is 8.17. The summed E-state index contributed by atoms with van der Waals surface area (Å²) in [5, 5.41) is 3.66. The minimum absolute atomic E-state index is 0.307. The summed E-state index contributed by atoms with van der Waals surface area (Å²) in [6, 6.07) is 9.16. The third kappa shape index (κ3) is 6.67. The van der Waals surface area contributed by atoms with E-state index in [4.69, 9.17) is 14.2 Å². The Kier molecular flexibility index (Phi) is 9.39. The quantitative estimate of drug-likeness (QED) is 0.376. The van der Waals surface area contributed by atoms with Crippen LogP contribution in [0.2, 0.25) is 0 Å². The first-order chi connectivity index (χ1) is 14.7. The Bertz CT molecular complexity index is 664. The Hall–Kier alpha value is -1.67. The number of ether oxygens (including phenoxy) is 3. The summed E-state index contributed by atoms with van der Waals surface area (Å²) in [4.78, 5) is 9.45. The second-order valence-electron chi connectivity index (χ2n) is 8.17. The van der Waals surface area contributed by atoms with Gasteiger partial charge in [0.25, 0.3) is 0 Å². The highest BCUT2D eigenvalue weighted by molar-refractivity contribution is 5.80. The molecule has 0 bridgehead atoms. The van der Waals surface area contributed by atoms with E-state index in [1.165, 1.54) is 11.1 Å². The summed E-state index contributed by atoms with van der Waals surface area (Å²) in [6.07, 6.45) is 1.14. The van der Waals surface area contributed by atoms with Gasteiger partial charge in [0, 0.05) is 52.8 Å². The lowest BCUT2D eigenvalue weighted by molar-refractivity contribution is 0.0169. The van der Waals surface area contributed by atoms with Gasteiger partial charge in [0.2, 0.25) is 0 Å². The fourth-order valence-corrected chi connectivity index (χ4v) is 4.30. The Morgan fingerprint density at radius 1 is 1.27 bits per heavy atom. The van der Waals surface area contributed by atoms with Crippen LogP contribution in [0.3, 0.4) is 0 Å². The van der Waals surface area contributed by atoms with Crippen molar-refractivity contribution in [3.05, 3.63) is 35.4 Å². The van der Waals surface area contributed by atoms with E-state index in [0.717, 1.165) is 64.9 Å². The van der Waals surface area contributed by atoms with Gasteiger partial charge in [-0.1, -0.05) is 29.8 Å². The number of hydrogen-bond acceptors (Lipinski definition) is 5. The summed E-state index contributed by atoms with van der Waals surface area (Å²) in [5.74, 6) is 1.53. The van der Waals surface area contributed by atoms with Crippen LogP contribution in [0, 0.1) is 12.8 Å². The second kappa shape index (κ2) is 12.2. The highest BCUT2D eigenvalue weighted by Gasteiger charge is 2.27. The van der Waals surface area contributed by atoms with Crippen LogP contribution in [0.5, 0.6) is 0 Å². The number of aliphatic imine (C=N–C) groups is 1. The molecular weight excluding hydrogens is 380 g/mol. The number of guanidine groups is 1. The molecule has 2 fully saturated rings. The van der Waals surface area contributed by atoms with Gasteiger partial charge in [-0.2, -0.15) is 0 Å². The maximum atomic E-state index is 5.74. The molecule has 7 nitrogen and oxygen atoms in total. The maximum absolute atomic E-state index is 5.74. The van der Waals surface area contributed by atoms with Crippen LogP contribution in [0.4, 0.5) is 0 Å². The molecule has 0 aliphatic carbocycles. The highest BCUT2D eigenvalue weighted by atomic mass is 16.5. The molecule has 168 valence electrons. The molecule has 2 unspecified atom stereocenters. The summed E-state index contributed by atoms with van der Waals surface area (Å²) in [7, 11) is 3.58. The van der Waals surface area contributed by atoms with Crippen LogP contribution >= 0.6 is 0 Å². The van der Waals surface area contributed by atoms with Gasteiger partial charge in [-0.25, -0.2) is 0 Å². The summed E-state index contributed by atoms with van der Waals surface area (Å²) in [6.45, 7) is 10.6. The molecule has 2 aliphatic rings. The van der Waals surface area contributed by atoms with Crippen molar-refractivity contribution in [2.75, 3.05) is 79.9 Å². The number of rotatable bonds is 9. The van der Waals surface area contributed by atoms with E-state index < -0.39 is 0 Å².